The van der Waals surface area contributed by atoms with Crippen molar-refractivity contribution in [1.29, 1.82) is 0 Å². The SMILES string of the molecule is CS(=O)(=O)C(CCn1cc(F)c(-c2ccc(F)c(F)c2)cc1=O)C(=O)NO. The van der Waals surface area contributed by atoms with Crippen molar-refractivity contribution in [2.75, 3.05) is 6.26 Å². The number of halogens is 3. The number of aryl methyl sites for hydroxylation is 1. The molecule has 146 valence electrons. The number of nitrogens with zero attached hydrogens (tertiary/aromatic N) is 1. The minimum Gasteiger partial charge on any atom is -0.312 e. The number of sulfone groups is 1. The Hall–Kier alpha value is -2.66. The van der Waals surface area contributed by atoms with E-state index in [2.05, 4.69) is 0 Å². The molecule has 1 atom stereocenters. The summed E-state index contributed by atoms with van der Waals surface area (Å²) in [5.41, 5.74) is 0.173. The molecule has 1 amide bonds. The molecule has 0 aliphatic carbocycles. The van der Waals surface area contributed by atoms with Crippen molar-refractivity contribution in [2.45, 2.75) is 18.2 Å². The van der Waals surface area contributed by atoms with Crippen molar-refractivity contribution in [1.82, 2.24) is 10.0 Å². The number of rotatable bonds is 6. The summed E-state index contributed by atoms with van der Waals surface area (Å²) in [6.07, 6.45) is 1.16. The van der Waals surface area contributed by atoms with Crippen LogP contribution in [0.3, 0.4) is 0 Å². The van der Waals surface area contributed by atoms with Crippen LogP contribution in [0, 0.1) is 17.5 Å². The molecule has 2 aromatic rings. The quantitative estimate of drug-likeness (QED) is 0.557. The van der Waals surface area contributed by atoms with Gasteiger partial charge in [0.15, 0.2) is 21.5 Å². The van der Waals surface area contributed by atoms with Gasteiger partial charge in [-0.05, 0) is 24.1 Å². The lowest BCUT2D eigenvalue weighted by Crippen LogP contribution is -2.39. The maximum absolute atomic E-state index is 14.3. The van der Waals surface area contributed by atoms with Gasteiger partial charge in [0.05, 0.1) is 0 Å². The maximum Gasteiger partial charge on any atom is 0.261 e. The molecule has 11 heteroatoms. The van der Waals surface area contributed by atoms with Gasteiger partial charge in [0.1, 0.15) is 11.1 Å². The summed E-state index contributed by atoms with van der Waals surface area (Å²) < 4.78 is 64.7. The molecule has 0 aliphatic heterocycles. The fraction of sp³-hybridized carbons (Fsp3) is 0.250. The van der Waals surface area contributed by atoms with E-state index in [1.165, 1.54) is 5.48 Å². The van der Waals surface area contributed by atoms with Crippen LogP contribution in [0.2, 0.25) is 0 Å². The Morgan fingerprint density at radius 3 is 2.41 bits per heavy atom. The number of amides is 1. The van der Waals surface area contributed by atoms with E-state index < -0.39 is 50.4 Å². The highest BCUT2D eigenvalue weighted by atomic mass is 32.2. The summed E-state index contributed by atoms with van der Waals surface area (Å²) in [5.74, 6) is -4.43. The van der Waals surface area contributed by atoms with Crippen LogP contribution in [0.25, 0.3) is 11.1 Å². The Labute approximate surface area is 151 Å². The molecule has 27 heavy (non-hydrogen) atoms. The number of hydrogen-bond donors (Lipinski definition) is 2. The number of nitrogens with one attached hydrogen (secondary N) is 1. The maximum atomic E-state index is 14.3. The molecule has 0 aliphatic rings. The third kappa shape index (κ3) is 4.74. The zero-order valence-corrected chi connectivity index (χ0v) is 14.8. The molecule has 0 radical (unpaired) electrons. The molecule has 2 N–H and O–H groups in total. The second-order valence-electron chi connectivity index (χ2n) is 5.78. The largest absolute Gasteiger partial charge is 0.312 e. The summed E-state index contributed by atoms with van der Waals surface area (Å²) in [6, 6.07) is 3.48. The first-order valence-corrected chi connectivity index (χ1v) is 9.48. The van der Waals surface area contributed by atoms with Gasteiger partial charge in [-0.15, -0.1) is 0 Å². The molecule has 0 spiro atoms. The van der Waals surface area contributed by atoms with Gasteiger partial charge in [0.25, 0.3) is 11.5 Å². The normalized spacial score (nSPS) is 12.6. The van der Waals surface area contributed by atoms with E-state index in [1.807, 2.05) is 0 Å². The number of aromatic nitrogens is 1. The number of carbonyl (C=O) groups excluding carboxylic acids is 1. The van der Waals surface area contributed by atoms with Crippen LogP contribution in [-0.2, 0) is 21.2 Å². The minimum atomic E-state index is -3.89. The third-order valence-corrected chi connectivity index (χ3v) is 5.34. The Morgan fingerprint density at radius 1 is 1.19 bits per heavy atom. The van der Waals surface area contributed by atoms with Crippen LogP contribution in [0.4, 0.5) is 13.2 Å². The average Bonchev–Trinajstić information content (AvgIpc) is 2.58. The van der Waals surface area contributed by atoms with Crippen molar-refractivity contribution in [3.63, 3.8) is 0 Å². The molecule has 0 fully saturated rings. The van der Waals surface area contributed by atoms with Gasteiger partial charge in [-0.2, -0.15) is 0 Å². The average molecular weight is 404 g/mol. The van der Waals surface area contributed by atoms with E-state index in [1.54, 1.807) is 0 Å². The summed E-state index contributed by atoms with van der Waals surface area (Å²) in [6.45, 7) is -0.334. The lowest BCUT2D eigenvalue weighted by atomic mass is 10.1. The summed E-state index contributed by atoms with van der Waals surface area (Å²) in [5, 5.41) is 6.98. The molecule has 1 aromatic heterocycles. The Bertz CT molecular complexity index is 1040. The van der Waals surface area contributed by atoms with Gasteiger partial charge in [-0.1, -0.05) is 6.07 Å². The smallest absolute Gasteiger partial charge is 0.261 e. The number of hydrogen-bond acceptors (Lipinski definition) is 5. The first kappa shape index (κ1) is 20.6. The third-order valence-electron chi connectivity index (χ3n) is 3.86. The van der Waals surface area contributed by atoms with Gasteiger partial charge in [-0.3, -0.25) is 14.8 Å². The van der Waals surface area contributed by atoms with Crippen molar-refractivity contribution < 1.29 is 31.6 Å². The van der Waals surface area contributed by atoms with E-state index in [-0.39, 0.29) is 17.7 Å². The highest BCUT2D eigenvalue weighted by molar-refractivity contribution is 7.92. The molecule has 7 nitrogen and oxygen atoms in total. The van der Waals surface area contributed by atoms with Gasteiger partial charge in [-0.25, -0.2) is 27.1 Å². The fourth-order valence-corrected chi connectivity index (χ4v) is 3.45. The van der Waals surface area contributed by atoms with Crippen LogP contribution in [-0.4, -0.2) is 35.6 Å². The molecule has 0 bridgehead atoms. The van der Waals surface area contributed by atoms with Crippen molar-refractivity contribution in [3.05, 3.63) is 58.3 Å². The molecular weight excluding hydrogens is 389 g/mol. The highest BCUT2D eigenvalue weighted by Crippen LogP contribution is 2.23. The number of hydroxylamine groups is 1. The Morgan fingerprint density at radius 2 is 1.85 bits per heavy atom. The van der Waals surface area contributed by atoms with Crippen molar-refractivity contribution in [2.24, 2.45) is 0 Å². The summed E-state index contributed by atoms with van der Waals surface area (Å²) in [4.78, 5) is 23.6. The Kier molecular flexibility index (Phi) is 6.06. The zero-order chi connectivity index (χ0) is 20.4. The number of benzene rings is 1. The predicted molar refractivity (Wildman–Crippen MR) is 89.2 cm³/mol. The van der Waals surface area contributed by atoms with Gasteiger partial charge in [0.2, 0.25) is 0 Å². The zero-order valence-electron chi connectivity index (χ0n) is 13.9. The topological polar surface area (TPSA) is 105 Å². The van der Waals surface area contributed by atoms with Gasteiger partial charge >= 0.3 is 0 Å². The van der Waals surface area contributed by atoms with Crippen LogP contribution in [0.5, 0.6) is 0 Å². The Balaban J connectivity index is 2.32. The van der Waals surface area contributed by atoms with Crippen LogP contribution >= 0.6 is 0 Å². The highest BCUT2D eigenvalue weighted by Gasteiger charge is 2.28. The number of carbonyl (C=O) groups is 1. The fourth-order valence-electron chi connectivity index (χ4n) is 2.47. The second kappa shape index (κ2) is 7.92. The van der Waals surface area contributed by atoms with Gasteiger partial charge in [0, 0.05) is 30.6 Å². The van der Waals surface area contributed by atoms with Gasteiger partial charge < -0.3 is 4.57 Å². The molecule has 0 saturated heterocycles. The standard InChI is InChI=1S/C16H15F3N2O5S/c1-27(25,26)14(16(23)20-24)4-5-21-8-13(19)10(7-15(21)22)9-2-3-11(17)12(18)6-9/h2-3,6-8,14,24H,4-5H2,1H3,(H,20,23). The minimum absolute atomic E-state index is 0.0516. The number of pyridine rings is 1. The van der Waals surface area contributed by atoms with Crippen LogP contribution in [0.15, 0.2) is 35.3 Å². The molecule has 2 rings (SSSR count). The van der Waals surface area contributed by atoms with Crippen molar-refractivity contribution in [3.8, 4) is 11.1 Å². The van der Waals surface area contributed by atoms with E-state index in [0.717, 1.165) is 41.3 Å². The van der Waals surface area contributed by atoms with Crippen LogP contribution < -0.4 is 11.0 Å². The van der Waals surface area contributed by atoms with E-state index in [0.29, 0.717) is 0 Å². The first-order valence-electron chi connectivity index (χ1n) is 7.53. The van der Waals surface area contributed by atoms with E-state index in [4.69, 9.17) is 5.21 Å². The summed E-state index contributed by atoms with van der Waals surface area (Å²) >= 11 is 0. The van der Waals surface area contributed by atoms with Crippen LogP contribution in [0.1, 0.15) is 6.42 Å². The van der Waals surface area contributed by atoms with E-state index in [9.17, 15) is 31.2 Å². The second-order valence-corrected chi connectivity index (χ2v) is 8.01. The molecule has 1 unspecified atom stereocenters. The monoisotopic (exact) mass is 404 g/mol. The first-order chi connectivity index (χ1) is 12.5. The molecular formula is C16H15F3N2O5S. The molecule has 1 heterocycles. The lowest BCUT2D eigenvalue weighted by Gasteiger charge is -2.14. The summed E-state index contributed by atoms with van der Waals surface area (Å²) in [7, 11) is -3.89. The lowest BCUT2D eigenvalue weighted by molar-refractivity contribution is -0.128. The van der Waals surface area contributed by atoms with E-state index >= 15 is 0 Å². The van der Waals surface area contributed by atoms with Crippen molar-refractivity contribution >= 4 is 15.7 Å². The predicted octanol–water partition coefficient (Wildman–Crippen LogP) is 1.24. The molecule has 1 aromatic carbocycles. The molecule has 0 saturated carbocycles.